The maximum absolute atomic E-state index is 10.5. The molecule has 0 spiro atoms. The van der Waals surface area contributed by atoms with Crippen molar-refractivity contribution in [1.82, 2.24) is 4.98 Å². The molecule has 0 aliphatic carbocycles. The Bertz CT molecular complexity index is 279. The van der Waals surface area contributed by atoms with Crippen LogP contribution in [0.4, 0.5) is 0 Å². The highest BCUT2D eigenvalue weighted by molar-refractivity contribution is 5.23. The summed E-state index contributed by atoms with van der Waals surface area (Å²) in [6.45, 7) is 0.225. The number of hydrogen-bond donors (Lipinski definition) is 3. The first-order valence-corrected chi connectivity index (χ1v) is 2.85. The molecule has 0 bridgehead atoms. The fraction of sp³-hybridized carbons (Fsp3) is 0.167. The van der Waals surface area contributed by atoms with Gasteiger partial charge in [0, 0.05) is 18.2 Å². The van der Waals surface area contributed by atoms with Gasteiger partial charge in [0.1, 0.15) is 0 Å². The zero-order valence-electron chi connectivity index (χ0n) is 5.29. The van der Waals surface area contributed by atoms with Gasteiger partial charge in [-0.2, -0.15) is 0 Å². The third-order valence-corrected chi connectivity index (χ3v) is 1.20. The number of aromatic amines is 1. The smallest absolute Gasteiger partial charge is 0.250 e. The molecule has 1 heterocycles. The fourth-order valence-corrected chi connectivity index (χ4v) is 0.659. The molecule has 0 aliphatic rings. The Morgan fingerprint density at radius 3 is 2.80 bits per heavy atom. The molecule has 0 fully saturated rings. The van der Waals surface area contributed by atoms with Crippen LogP contribution in [0.2, 0.25) is 0 Å². The van der Waals surface area contributed by atoms with Gasteiger partial charge in [0.2, 0.25) is 0 Å². The number of H-pyrrole nitrogens is 1. The van der Waals surface area contributed by atoms with Crippen LogP contribution in [0, 0.1) is 0 Å². The topological polar surface area (TPSA) is 79.1 Å². The molecule has 1 aromatic rings. The van der Waals surface area contributed by atoms with E-state index in [-0.39, 0.29) is 18.0 Å². The van der Waals surface area contributed by atoms with E-state index in [4.69, 9.17) is 10.8 Å². The Labute approximate surface area is 57.3 Å². The van der Waals surface area contributed by atoms with Crippen molar-refractivity contribution >= 4 is 0 Å². The van der Waals surface area contributed by atoms with Gasteiger partial charge in [0.25, 0.3) is 5.56 Å². The second kappa shape index (κ2) is 2.53. The first-order chi connectivity index (χ1) is 4.74. The van der Waals surface area contributed by atoms with Crippen molar-refractivity contribution in [1.29, 1.82) is 0 Å². The van der Waals surface area contributed by atoms with Gasteiger partial charge in [-0.15, -0.1) is 0 Å². The van der Waals surface area contributed by atoms with Gasteiger partial charge in [-0.05, 0) is 6.07 Å². The molecule has 0 unspecified atom stereocenters. The second-order valence-electron chi connectivity index (χ2n) is 1.90. The third kappa shape index (κ3) is 1.16. The summed E-state index contributed by atoms with van der Waals surface area (Å²) >= 11 is 0. The van der Waals surface area contributed by atoms with E-state index in [1.165, 1.54) is 12.1 Å². The minimum absolute atomic E-state index is 0.144. The summed E-state index contributed by atoms with van der Waals surface area (Å²) in [5, 5.41) is 8.96. The minimum Gasteiger partial charge on any atom is -0.494 e. The van der Waals surface area contributed by atoms with Crippen LogP contribution in [0.15, 0.2) is 16.9 Å². The van der Waals surface area contributed by atoms with E-state index in [2.05, 4.69) is 4.98 Å². The molecule has 54 valence electrons. The van der Waals surface area contributed by atoms with Crippen molar-refractivity contribution in [3.05, 3.63) is 28.0 Å². The van der Waals surface area contributed by atoms with Crippen LogP contribution in [0.25, 0.3) is 0 Å². The number of rotatable bonds is 1. The van der Waals surface area contributed by atoms with Crippen LogP contribution >= 0.6 is 0 Å². The van der Waals surface area contributed by atoms with Gasteiger partial charge in [-0.25, -0.2) is 0 Å². The molecule has 0 atom stereocenters. The van der Waals surface area contributed by atoms with Gasteiger partial charge in [-0.3, -0.25) is 9.78 Å². The lowest BCUT2D eigenvalue weighted by Gasteiger charge is -1.97. The average Bonchev–Trinajstić information content (AvgIpc) is 1.88. The molecule has 0 saturated carbocycles. The molecular formula is C6H8N2O2. The predicted molar refractivity (Wildman–Crippen MR) is 36.6 cm³/mol. The first kappa shape index (κ1) is 6.82. The molecule has 0 aromatic carbocycles. The van der Waals surface area contributed by atoms with Crippen LogP contribution in [0.3, 0.4) is 0 Å². The predicted octanol–water partition coefficient (Wildman–Crippen LogP) is -0.461. The molecule has 0 radical (unpaired) electrons. The molecule has 0 aliphatic heterocycles. The number of nitrogens with one attached hydrogen (secondary N) is 1. The van der Waals surface area contributed by atoms with Crippen LogP contribution < -0.4 is 11.3 Å². The van der Waals surface area contributed by atoms with Crippen molar-refractivity contribution in [2.45, 2.75) is 6.54 Å². The normalized spacial score (nSPS) is 9.70. The molecule has 0 amide bonds. The molecule has 4 N–H and O–H groups in total. The van der Waals surface area contributed by atoms with Gasteiger partial charge < -0.3 is 10.8 Å². The summed E-state index contributed by atoms with van der Waals surface area (Å²) < 4.78 is 0. The van der Waals surface area contributed by atoms with E-state index in [0.717, 1.165) is 0 Å². The molecule has 4 nitrogen and oxygen atoms in total. The van der Waals surface area contributed by atoms with Crippen LogP contribution in [-0.2, 0) is 6.54 Å². The maximum atomic E-state index is 10.5. The molecular weight excluding hydrogens is 132 g/mol. The van der Waals surface area contributed by atoms with Crippen molar-refractivity contribution in [3.8, 4) is 5.88 Å². The second-order valence-corrected chi connectivity index (χ2v) is 1.90. The molecule has 0 saturated heterocycles. The number of aromatic hydroxyl groups is 1. The lowest BCUT2D eigenvalue weighted by molar-refractivity contribution is 0.444. The molecule has 4 heteroatoms. The summed E-state index contributed by atoms with van der Waals surface area (Å²) in [7, 11) is 0. The monoisotopic (exact) mass is 140 g/mol. The lowest BCUT2D eigenvalue weighted by atomic mass is 10.3. The summed E-state index contributed by atoms with van der Waals surface area (Å²) in [6, 6.07) is 2.82. The molecule has 1 aromatic heterocycles. The van der Waals surface area contributed by atoms with Crippen LogP contribution in [0.1, 0.15) is 5.56 Å². The van der Waals surface area contributed by atoms with Crippen molar-refractivity contribution < 1.29 is 5.11 Å². The van der Waals surface area contributed by atoms with E-state index in [1.54, 1.807) is 0 Å². The number of aromatic nitrogens is 1. The van der Waals surface area contributed by atoms with E-state index >= 15 is 0 Å². The zero-order chi connectivity index (χ0) is 7.56. The van der Waals surface area contributed by atoms with Gasteiger partial charge >= 0.3 is 0 Å². The fourth-order valence-electron chi connectivity index (χ4n) is 0.659. The molecule has 10 heavy (non-hydrogen) atoms. The van der Waals surface area contributed by atoms with Gasteiger partial charge in [-0.1, -0.05) is 0 Å². The minimum atomic E-state index is -0.324. The van der Waals surface area contributed by atoms with Gasteiger partial charge in [0.05, 0.1) is 0 Å². The third-order valence-electron chi connectivity index (χ3n) is 1.20. The summed E-state index contributed by atoms with van der Waals surface area (Å²) in [5.41, 5.74) is 5.44. The van der Waals surface area contributed by atoms with Gasteiger partial charge in [0.15, 0.2) is 5.88 Å². The van der Waals surface area contributed by atoms with Crippen LogP contribution in [-0.4, -0.2) is 10.1 Å². The first-order valence-electron chi connectivity index (χ1n) is 2.85. The lowest BCUT2D eigenvalue weighted by Crippen LogP contribution is -2.06. The standard InChI is InChI=1S/C6H8N2O2/c7-3-4-1-2-5(9)8-6(4)10/h1-2H,3,7H2,(H2,8,9,10). The van der Waals surface area contributed by atoms with Crippen molar-refractivity contribution in [2.24, 2.45) is 5.73 Å². The number of nitrogens with two attached hydrogens (primary N) is 1. The van der Waals surface area contributed by atoms with Crippen molar-refractivity contribution in [2.75, 3.05) is 0 Å². The largest absolute Gasteiger partial charge is 0.494 e. The summed E-state index contributed by atoms with van der Waals surface area (Å²) in [4.78, 5) is 12.7. The zero-order valence-corrected chi connectivity index (χ0v) is 5.29. The highest BCUT2D eigenvalue weighted by atomic mass is 16.3. The Morgan fingerprint density at radius 2 is 2.30 bits per heavy atom. The SMILES string of the molecule is NCc1ccc(=O)[nH]c1O. The van der Waals surface area contributed by atoms with E-state index in [0.29, 0.717) is 5.56 Å². The number of hydrogen-bond acceptors (Lipinski definition) is 3. The van der Waals surface area contributed by atoms with E-state index in [9.17, 15) is 4.79 Å². The Kier molecular flexibility index (Phi) is 1.73. The molecule has 1 rings (SSSR count). The van der Waals surface area contributed by atoms with Crippen molar-refractivity contribution in [3.63, 3.8) is 0 Å². The Hall–Kier alpha value is -1.29. The highest BCUT2D eigenvalue weighted by Gasteiger charge is 1.96. The summed E-state index contributed by atoms with van der Waals surface area (Å²) in [5.74, 6) is -0.144. The number of pyridine rings is 1. The quantitative estimate of drug-likeness (QED) is 0.493. The Morgan fingerprint density at radius 1 is 1.60 bits per heavy atom. The maximum Gasteiger partial charge on any atom is 0.250 e. The van der Waals surface area contributed by atoms with Crippen LogP contribution in [0.5, 0.6) is 5.88 Å². The highest BCUT2D eigenvalue weighted by Crippen LogP contribution is 2.07. The van der Waals surface area contributed by atoms with E-state index < -0.39 is 0 Å². The van der Waals surface area contributed by atoms with E-state index in [1.807, 2.05) is 0 Å². The summed E-state index contributed by atoms with van der Waals surface area (Å²) in [6.07, 6.45) is 0. The average molecular weight is 140 g/mol. The Balaban J connectivity index is 3.19.